The molecule has 3 nitrogen and oxygen atoms in total. The molecule has 0 saturated heterocycles. The first-order valence-corrected chi connectivity index (χ1v) is 8.41. The molecule has 1 heterocycles. The highest BCUT2D eigenvalue weighted by Crippen LogP contribution is 2.25. The molecule has 0 N–H and O–H groups in total. The monoisotopic (exact) mass is 352 g/mol. The standard InChI is InChI=1S/C19H13ClN2OS/c1-2-13-22-18-15(20)9-6-10-16(18)24-19(22)21-17(23)12-11-14-7-4-3-5-8-14/h1,3-12H,13H2/b12-11+,21-19?. The quantitative estimate of drug-likeness (QED) is 0.515. The van der Waals surface area contributed by atoms with Crippen LogP contribution in [0.25, 0.3) is 16.3 Å². The molecule has 118 valence electrons. The highest BCUT2D eigenvalue weighted by atomic mass is 35.5. The normalized spacial score (nSPS) is 11.9. The molecule has 24 heavy (non-hydrogen) atoms. The van der Waals surface area contributed by atoms with Crippen molar-refractivity contribution in [1.29, 1.82) is 0 Å². The first-order chi connectivity index (χ1) is 11.7. The molecule has 0 aliphatic heterocycles. The van der Waals surface area contributed by atoms with Gasteiger partial charge >= 0.3 is 0 Å². The van der Waals surface area contributed by atoms with Crippen molar-refractivity contribution in [2.75, 3.05) is 0 Å². The van der Waals surface area contributed by atoms with Gasteiger partial charge in [0.15, 0.2) is 4.80 Å². The Morgan fingerprint density at radius 3 is 2.79 bits per heavy atom. The van der Waals surface area contributed by atoms with E-state index in [0.29, 0.717) is 16.4 Å². The van der Waals surface area contributed by atoms with E-state index in [0.717, 1.165) is 15.8 Å². The van der Waals surface area contributed by atoms with E-state index in [1.165, 1.54) is 17.4 Å². The van der Waals surface area contributed by atoms with E-state index in [2.05, 4.69) is 10.9 Å². The SMILES string of the molecule is C#CCn1c(=NC(=O)/C=C/c2ccccc2)sc2cccc(Cl)c21. The zero-order valence-electron chi connectivity index (χ0n) is 12.6. The number of thiazole rings is 1. The summed E-state index contributed by atoms with van der Waals surface area (Å²) in [6.07, 6.45) is 8.63. The van der Waals surface area contributed by atoms with Crippen LogP contribution in [-0.4, -0.2) is 10.5 Å². The summed E-state index contributed by atoms with van der Waals surface area (Å²) in [6, 6.07) is 15.2. The predicted octanol–water partition coefficient (Wildman–Crippen LogP) is 4.13. The summed E-state index contributed by atoms with van der Waals surface area (Å²) in [5, 5.41) is 0.590. The Morgan fingerprint density at radius 2 is 2.04 bits per heavy atom. The third-order valence-corrected chi connectivity index (χ3v) is 4.67. The molecule has 0 aliphatic carbocycles. The molecule has 0 atom stereocenters. The lowest BCUT2D eigenvalue weighted by molar-refractivity contribution is -0.113. The maximum absolute atomic E-state index is 12.2. The van der Waals surface area contributed by atoms with E-state index in [1.54, 1.807) is 16.7 Å². The van der Waals surface area contributed by atoms with Crippen LogP contribution in [0.15, 0.2) is 59.6 Å². The van der Waals surface area contributed by atoms with Crippen molar-refractivity contribution in [2.45, 2.75) is 6.54 Å². The molecule has 2 aromatic carbocycles. The number of halogens is 1. The van der Waals surface area contributed by atoms with Gasteiger partial charge in [0.05, 0.1) is 21.8 Å². The lowest BCUT2D eigenvalue weighted by Crippen LogP contribution is -2.16. The average molecular weight is 353 g/mol. The molecule has 3 aromatic rings. The summed E-state index contributed by atoms with van der Waals surface area (Å²) in [4.78, 5) is 16.9. The number of hydrogen-bond acceptors (Lipinski definition) is 2. The summed E-state index contributed by atoms with van der Waals surface area (Å²) in [6.45, 7) is 0.304. The van der Waals surface area contributed by atoms with E-state index in [9.17, 15) is 4.79 Å². The lowest BCUT2D eigenvalue weighted by Gasteiger charge is -2.00. The van der Waals surface area contributed by atoms with Crippen LogP contribution in [-0.2, 0) is 11.3 Å². The largest absolute Gasteiger partial charge is 0.303 e. The molecule has 0 fully saturated rings. The van der Waals surface area contributed by atoms with Crippen LogP contribution in [0, 0.1) is 12.3 Å². The number of terminal acetylenes is 1. The van der Waals surface area contributed by atoms with Crippen molar-refractivity contribution in [3.63, 3.8) is 0 Å². The first kappa shape index (κ1) is 16.3. The fraction of sp³-hybridized carbons (Fsp3) is 0.0526. The number of fused-ring (bicyclic) bond motifs is 1. The molecule has 5 heteroatoms. The van der Waals surface area contributed by atoms with E-state index in [4.69, 9.17) is 18.0 Å². The van der Waals surface area contributed by atoms with Gasteiger partial charge in [-0.25, -0.2) is 0 Å². The molecule has 0 saturated carbocycles. The Labute approximate surface area is 148 Å². The van der Waals surface area contributed by atoms with Crippen molar-refractivity contribution >= 4 is 45.1 Å². The smallest absolute Gasteiger partial charge is 0.272 e. The minimum Gasteiger partial charge on any atom is -0.303 e. The van der Waals surface area contributed by atoms with Crippen LogP contribution >= 0.6 is 22.9 Å². The van der Waals surface area contributed by atoms with Gasteiger partial charge in [-0.05, 0) is 23.8 Å². The maximum atomic E-state index is 12.2. The van der Waals surface area contributed by atoms with E-state index in [-0.39, 0.29) is 5.91 Å². The topological polar surface area (TPSA) is 34.4 Å². The second-order valence-corrected chi connectivity index (χ2v) is 6.37. The van der Waals surface area contributed by atoms with Gasteiger partial charge in [-0.3, -0.25) is 4.79 Å². The number of carbonyl (C=O) groups excluding carboxylic acids is 1. The fourth-order valence-electron chi connectivity index (χ4n) is 2.27. The van der Waals surface area contributed by atoms with Crippen LogP contribution in [0.4, 0.5) is 0 Å². The lowest BCUT2D eigenvalue weighted by atomic mass is 10.2. The van der Waals surface area contributed by atoms with Crippen LogP contribution in [0.5, 0.6) is 0 Å². The first-order valence-electron chi connectivity index (χ1n) is 7.22. The molecule has 0 unspecified atom stereocenters. The van der Waals surface area contributed by atoms with E-state index < -0.39 is 0 Å². The van der Waals surface area contributed by atoms with Crippen molar-refractivity contribution in [2.24, 2.45) is 4.99 Å². The van der Waals surface area contributed by atoms with Gasteiger partial charge in [0, 0.05) is 6.08 Å². The second kappa shape index (κ2) is 7.31. The van der Waals surface area contributed by atoms with Gasteiger partial charge in [0.1, 0.15) is 0 Å². The molecule has 0 spiro atoms. The number of benzene rings is 2. The second-order valence-electron chi connectivity index (χ2n) is 4.96. The van der Waals surface area contributed by atoms with Crippen molar-refractivity contribution in [3.8, 4) is 12.3 Å². The number of hydrogen-bond donors (Lipinski definition) is 0. The Bertz CT molecular complexity index is 1020. The van der Waals surface area contributed by atoms with Gasteiger partial charge in [0.25, 0.3) is 5.91 Å². The maximum Gasteiger partial charge on any atom is 0.272 e. The molecule has 0 radical (unpaired) electrons. The van der Waals surface area contributed by atoms with Gasteiger partial charge in [-0.1, -0.05) is 65.3 Å². The number of carbonyl (C=O) groups is 1. The van der Waals surface area contributed by atoms with Crippen LogP contribution in [0.2, 0.25) is 5.02 Å². The van der Waals surface area contributed by atoms with Gasteiger partial charge in [-0.15, -0.1) is 6.42 Å². The predicted molar refractivity (Wildman–Crippen MR) is 99.7 cm³/mol. The third kappa shape index (κ3) is 3.48. The number of nitrogens with zero attached hydrogens (tertiary/aromatic N) is 2. The minimum absolute atomic E-state index is 0.304. The number of rotatable bonds is 3. The Hall–Kier alpha value is -2.61. The number of para-hydroxylation sites is 1. The number of aromatic nitrogens is 1. The zero-order valence-corrected chi connectivity index (χ0v) is 14.2. The van der Waals surface area contributed by atoms with Crippen LogP contribution in [0.1, 0.15) is 5.56 Å². The average Bonchev–Trinajstić information content (AvgIpc) is 2.93. The minimum atomic E-state index is -0.340. The zero-order chi connectivity index (χ0) is 16.9. The van der Waals surface area contributed by atoms with E-state index in [1.807, 2.05) is 42.5 Å². The van der Waals surface area contributed by atoms with Crippen LogP contribution < -0.4 is 4.80 Å². The van der Waals surface area contributed by atoms with Crippen molar-refractivity contribution < 1.29 is 4.79 Å². The highest BCUT2D eigenvalue weighted by molar-refractivity contribution is 7.16. The third-order valence-electron chi connectivity index (χ3n) is 3.33. The van der Waals surface area contributed by atoms with Gasteiger partial charge in [-0.2, -0.15) is 4.99 Å². The molecule has 1 amide bonds. The number of amides is 1. The fourth-order valence-corrected chi connectivity index (χ4v) is 3.67. The summed E-state index contributed by atoms with van der Waals surface area (Å²) < 4.78 is 2.73. The van der Waals surface area contributed by atoms with Crippen molar-refractivity contribution in [1.82, 2.24) is 4.57 Å². The summed E-state index contributed by atoms with van der Waals surface area (Å²) in [7, 11) is 0. The molecule has 0 aliphatic rings. The summed E-state index contributed by atoms with van der Waals surface area (Å²) >= 11 is 7.66. The molecule has 0 bridgehead atoms. The van der Waals surface area contributed by atoms with Crippen molar-refractivity contribution in [3.05, 3.63) is 70.0 Å². The Morgan fingerprint density at radius 1 is 1.25 bits per heavy atom. The van der Waals surface area contributed by atoms with Crippen LogP contribution in [0.3, 0.4) is 0 Å². The van der Waals surface area contributed by atoms with Gasteiger partial charge in [0.2, 0.25) is 0 Å². The Kier molecular flexibility index (Phi) is 4.95. The molecule has 1 aromatic heterocycles. The van der Waals surface area contributed by atoms with Gasteiger partial charge < -0.3 is 4.57 Å². The molecule has 3 rings (SSSR count). The molecular weight excluding hydrogens is 340 g/mol. The summed E-state index contributed by atoms with van der Waals surface area (Å²) in [5.74, 6) is 2.24. The summed E-state index contributed by atoms with van der Waals surface area (Å²) in [5.41, 5.74) is 1.75. The Balaban J connectivity index is 2.02. The molecular formula is C19H13ClN2OS. The van der Waals surface area contributed by atoms with E-state index >= 15 is 0 Å². The highest BCUT2D eigenvalue weighted by Gasteiger charge is 2.09.